The van der Waals surface area contributed by atoms with Crippen molar-refractivity contribution in [1.82, 2.24) is 14.5 Å². The van der Waals surface area contributed by atoms with Crippen molar-refractivity contribution in [3.05, 3.63) is 103 Å². The first-order valence-electron chi connectivity index (χ1n) is 12.2. The second kappa shape index (κ2) is 8.91. The predicted octanol–water partition coefficient (Wildman–Crippen LogP) is 6.11. The summed E-state index contributed by atoms with van der Waals surface area (Å²) in [7, 11) is 0. The van der Waals surface area contributed by atoms with Gasteiger partial charge in [-0.25, -0.2) is 9.97 Å². The Morgan fingerprint density at radius 1 is 0.800 bits per heavy atom. The number of nitrogens with zero attached hydrogens (tertiary/aromatic N) is 5. The number of hydrogen-bond donors (Lipinski definition) is 0. The normalized spacial score (nSPS) is 16.1. The zero-order valence-electron chi connectivity index (χ0n) is 20.2. The molecule has 174 valence electrons. The number of para-hydroxylation sites is 1. The lowest BCUT2D eigenvalue weighted by Gasteiger charge is -2.42. The highest BCUT2D eigenvalue weighted by Gasteiger charge is 2.28. The van der Waals surface area contributed by atoms with Crippen molar-refractivity contribution in [3.63, 3.8) is 0 Å². The van der Waals surface area contributed by atoms with Gasteiger partial charge in [0, 0.05) is 48.8 Å². The first-order valence-corrected chi connectivity index (χ1v) is 12.2. The van der Waals surface area contributed by atoms with Crippen molar-refractivity contribution in [1.29, 1.82) is 0 Å². The number of anilines is 2. The first-order chi connectivity index (χ1) is 17.2. The highest BCUT2D eigenvalue weighted by atomic mass is 15.3. The minimum atomic E-state index is 0.368. The second-order valence-electron chi connectivity index (χ2n) is 9.34. The van der Waals surface area contributed by atoms with Crippen molar-refractivity contribution < 1.29 is 0 Å². The van der Waals surface area contributed by atoms with E-state index in [0.29, 0.717) is 6.04 Å². The predicted molar refractivity (Wildman–Crippen MR) is 145 cm³/mol. The van der Waals surface area contributed by atoms with Crippen LogP contribution in [-0.4, -0.2) is 40.2 Å². The molecule has 1 saturated heterocycles. The molecule has 0 spiro atoms. The maximum Gasteiger partial charge on any atom is 0.150 e. The molecule has 0 amide bonds. The molecule has 2 aromatic heterocycles. The highest BCUT2D eigenvalue weighted by molar-refractivity contribution is 6.02. The van der Waals surface area contributed by atoms with Gasteiger partial charge in [0.05, 0.1) is 5.39 Å². The average Bonchev–Trinajstić information content (AvgIpc) is 3.30. The topological polar surface area (TPSA) is 37.2 Å². The monoisotopic (exact) mass is 459 g/mol. The quantitative estimate of drug-likeness (QED) is 0.325. The van der Waals surface area contributed by atoms with Gasteiger partial charge < -0.3 is 14.4 Å². The van der Waals surface area contributed by atoms with Gasteiger partial charge in [0.15, 0.2) is 5.65 Å². The fourth-order valence-corrected chi connectivity index (χ4v) is 5.25. The van der Waals surface area contributed by atoms with E-state index < -0.39 is 0 Å². The molecule has 0 saturated carbocycles. The van der Waals surface area contributed by atoms with Crippen LogP contribution in [0.5, 0.6) is 0 Å². The van der Waals surface area contributed by atoms with E-state index in [1.165, 1.54) is 16.8 Å². The molecule has 3 heterocycles. The molecule has 3 aromatic carbocycles. The van der Waals surface area contributed by atoms with Gasteiger partial charge in [0.25, 0.3) is 0 Å². The number of benzene rings is 3. The molecule has 0 N–H and O–H groups in total. The lowest BCUT2D eigenvalue weighted by molar-refractivity contribution is 0.548. The van der Waals surface area contributed by atoms with Gasteiger partial charge in [-0.2, -0.15) is 0 Å². The van der Waals surface area contributed by atoms with Crippen LogP contribution in [-0.2, 0) is 0 Å². The summed E-state index contributed by atoms with van der Waals surface area (Å²) in [5, 5.41) is 1.11. The largest absolute Gasteiger partial charge is 0.365 e. The minimum absolute atomic E-state index is 0.368. The van der Waals surface area contributed by atoms with E-state index in [1.54, 1.807) is 6.33 Å². The molecule has 0 unspecified atom stereocenters. The van der Waals surface area contributed by atoms with Crippen LogP contribution in [0.3, 0.4) is 0 Å². The van der Waals surface area contributed by atoms with E-state index in [2.05, 4.69) is 113 Å². The van der Waals surface area contributed by atoms with E-state index in [-0.39, 0.29) is 0 Å². The zero-order valence-corrected chi connectivity index (χ0v) is 20.2. The zero-order chi connectivity index (χ0) is 23.8. The van der Waals surface area contributed by atoms with Crippen molar-refractivity contribution in [2.75, 3.05) is 29.4 Å². The fraction of sp³-hybridized carbons (Fsp3) is 0.200. The Kier molecular flexibility index (Phi) is 5.45. The van der Waals surface area contributed by atoms with Crippen molar-refractivity contribution >= 4 is 22.5 Å². The van der Waals surface area contributed by atoms with Crippen LogP contribution in [0.15, 0.2) is 97.5 Å². The maximum atomic E-state index is 4.85. The van der Waals surface area contributed by atoms with Crippen LogP contribution in [0, 0.1) is 6.92 Å². The summed E-state index contributed by atoms with van der Waals surface area (Å²) in [6.07, 6.45) is 3.92. The number of aryl methyl sites for hydroxylation is 1. The van der Waals surface area contributed by atoms with Crippen LogP contribution >= 0.6 is 0 Å². The number of aromatic nitrogens is 3. The summed E-state index contributed by atoms with van der Waals surface area (Å²) >= 11 is 0. The Morgan fingerprint density at radius 3 is 2.29 bits per heavy atom. The molecule has 5 heteroatoms. The molecule has 0 bridgehead atoms. The molecule has 0 radical (unpaired) electrons. The molecule has 1 aliphatic heterocycles. The Hall–Kier alpha value is -4.12. The average molecular weight is 460 g/mol. The van der Waals surface area contributed by atoms with E-state index in [4.69, 9.17) is 9.97 Å². The molecule has 5 nitrogen and oxygen atoms in total. The Labute approximate surface area is 206 Å². The number of hydrogen-bond acceptors (Lipinski definition) is 4. The third-order valence-electron chi connectivity index (χ3n) is 6.94. The van der Waals surface area contributed by atoms with Crippen molar-refractivity contribution in [2.45, 2.75) is 19.9 Å². The van der Waals surface area contributed by atoms with Crippen LogP contribution in [0.4, 0.5) is 11.5 Å². The van der Waals surface area contributed by atoms with E-state index >= 15 is 0 Å². The van der Waals surface area contributed by atoms with Gasteiger partial charge in [-0.05, 0) is 49.2 Å². The van der Waals surface area contributed by atoms with Crippen LogP contribution in [0.2, 0.25) is 0 Å². The molecule has 1 fully saturated rings. The van der Waals surface area contributed by atoms with Crippen molar-refractivity contribution in [3.8, 4) is 16.8 Å². The van der Waals surface area contributed by atoms with Gasteiger partial charge in [0.2, 0.25) is 0 Å². The van der Waals surface area contributed by atoms with Gasteiger partial charge in [-0.3, -0.25) is 0 Å². The fourth-order valence-electron chi connectivity index (χ4n) is 5.25. The second-order valence-corrected chi connectivity index (χ2v) is 9.34. The molecule has 6 rings (SSSR count). The van der Waals surface area contributed by atoms with E-state index in [0.717, 1.165) is 47.7 Å². The number of fused-ring (bicyclic) bond motifs is 1. The summed E-state index contributed by atoms with van der Waals surface area (Å²) in [5.41, 5.74) is 6.97. The van der Waals surface area contributed by atoms with Crippen LogP contribution in [0.25, 0.3) is 27.8 Å². The molecule has 1 aliphatic rings. The lowest BCUT2D eigenvalue weighted by Crippen LogP contribution is -2.52. The molecule has 0 aliphatic carbocycles. The standard InChI is InChI=1S/C30H29N5/c1-22-10-9-15-26(18-22)34-17-16-33(19-23(34)2)29-28-27(24-11-5-3-6-12-24)20-35(30(28)32-21-31-29)25-13-7-4-8-14-25/h3-15,18,20-21,23H,16-17,19H2,1-2H3/t23-/m1/s1. The summed E-state index contributed by atoms with van der Waals surface area (Å²) in [5.74, 6) is 1.01. The molecule has 5 aromatic rings. The summed E-state index contributed by atoms with van der Waals surface area (Å²) < 4.78 is 2.19. The Bertz CT molecular complexity index is 1460. The maximum absolute atomic E-state index is 4.85. The Morgan fingerprint density at radius 2 is 1.54 bits per heavy atom. The minimum Gasteiger partial charge on any atom is -0.365 e. The smallest absolute Gasteiger partial charge is 0.150 e. The number of rotatable bonds is 4. The Balaban J connectivity index is 1.44. The molecule has 1 atom stereocenters. The van der Waals surface area contributed by atoms with Gasteiger partial charge in [0.1, 0.15) is 12.1 Å². The third kappa shape index (κ3) is 3.93. The van der Waals surface area contributed by atoms with E-state index in [9.17, 15) is 0 Å². The molecular formula is C30H29N5. The van der Waals surface area contributed by atoms with Gasteiger partial charge in [-0.15, -0.1) is 0 Å². The lowest BCUT2D eigenvalue weighted by atomic mass is 10.1. The molecular weight excluding hydrogens is 430 g/mol. The molecule has 35 heavy (non-hydrogen) atoms. The van der Waals surface area contributed by atoms with Crippen LogP contribution < -0.4 is 9.80 Å². The van der Waals surface area contributed by atoms with Gasteiger partial charge >= 0.3 is 0 Å². The summed E-state index contributed by atoms with van der Waals surface area (Å²) in [6.45, 7) is 7.24. The first kappa shape index (κ1) is 21.4. The van der Waals surface area contributed by atoms with E-state index in [1.807, 2.05) is 6.07 Å². The third-order valence-corrected chi connectivity index (χ3v) is 6.94. The van der Waals surface area contributed by atoms with Crippen LogP contribution in [0.1, 0.15) is 12.5 Å². The summed E-state index contributed by atoms with van der Waals surface area (Å²) in [4.78, 5) is 14.6. The summed E-state index contributed by atoms with van der Waals surface area (Å²) in [6, 6.07) is 30.2. The SMILES string of the molecule is Cc1cccc(N2CCN(c3ncnc4c3c(-c3ccccc3)cn4-c3ccccc3)C[C@H]2C)c1. The van der Waals surface area contributed by atoms with Crippen molar-refractivity contribution in [2.24, 2.45) is 0 Å². The highest BCUT2D eigenvalue weighted by Crippen LogP contribution is 2.37. The van der Waals surface area contributed by atoms with Gasteiger partial charge in [-0.1, -0.05) is 60.7 Å². The number of piperazine rings is 1.